The Kier molecular flexibility index (Phi) is 8.86. The monoisotopic (exact) mass is 289 g/mol. The SMILES string of the molecule is CNCCC(C=O)C(=O)O.COc1cc(F)cc(F)c1. The lowest BCUT2D eigenvalue weighted by Crippen LogP contribution is -2.20. The number of nitrogens with one attached hydrogen (secondary N) is 1. The van der Waals surface area contributed by atoms with Gasteiger partial charge in [-0.05, 0) is 20.0 Å². The minimum Gasteiger partial charge on any atom is -0.497 e. The van der Waals surface area contributed by atoms with Crippen molar-refractivity contribution in [2.45, 2.75) is 6.42 Å². The van der Waals surface area contributed by atoms with Crippen molar-refractivity contribution in [3.63, 3.8) is 0 Å². The minimum absolute atomic E-state index is 0.192. The minimum atomic E-state index is -1.05. The van der Waals surface area contributed by atoms with Crippen LogP contribution in [0.4, 0.5) is 8.78 Å². The Labute approximate surface area is 115 Å². The Morgan fingerprint density at radius 2 is 1.95 bits per heavy atom. The second-order valence-corrected chi connectivity index (χ2v) is 3.78. The van der Waals surface area contributed by atoms with Crippen LogP contribution in [-0.4, -0.2) is 38.1 Å². The summed E-state index contributed by atoms with van der Waals surface area (Å²) in [4.78, 5) is 20.2. The summed E-state index contributed by atoms with van der Waals surface area (Å²) in [5.74, 6) is -2.97. The maximum Gasteiger partial charge on any atom is 0.313 e. The summed E-state index contributed by atoms with van der Waals surface area (Å²) in [6, 6.07) is 3.02. The molecule has 20 heavy (non-hydrogen) atoms. The number of carboxylic acid groups (broad SMARTS) is 1. The molecule has 0 fully saturated rings. The largest absolute Gasteiger partial charge is 0.497 e. The number of ether oxygens (including phenoxy) is 1. The summed E-state index contributed by atoms with van der Waals surface area (Å²) in [6.45, 7) is 0.551. The molecule has 2 N–H and O–H groups in total. The number of rotatable bonds is 6. The highest BCUT2D eigenvalue weighted by molar-refractivity contribution is 5.86. The van der Waals surface area contributed by atoms with Crippen molar-refractivity contribution in [1.29, 1.82) is 0 Å². The highest BCUT2D eigenvalue weighted by atomic mass is 19.1. The molecule has 7 heteroatoms. The molecule has 0 spiro atoms. The van der Waals surface area contributed by atoms with Crippen molar-refractivity contribution < 1.29 is 28.2 Å². The van der Waals surface area contributed by atoms with Crippen molar-refractivity contribution in [1.82, 2.24) is 5.32 Å². The van der Waals surface area contributed by atoms with Crippen LogP contribution in [0.25, 0.3) is 0 Å². The number of hydrogen-bond donors (Lipinski definition) is 2. The lowest BCUT2D eigenvalue weighted by Gasteiger charge is -2.01. The van der Waals surface area contributed by atoms with Crippen LogP contribution in [-0.2, 0) is 9.59 Å². The van der Waals surface area contributed by atoms with E-state index in [1.54, 1.807) is 7.05 Å². The van der Waals surface area contributed by atoms with E-state index in [4.69, 9.17) is 5.11 Å². The Morgan fingerprint density at radius 3 is 2.30 bits per heavy atom. The molecule has 0 aliphatic rings. The fraction of sp³-hybridized carbons (Fsp3) is 0.385. The third-order valence-electron chi connectivity index (χ3n) is 2.26. The summed E-state index contributed by atoms with van der Waals surface area (Å²) in [5.41, 5.74) is 0. The molecule has 0 aliphatic heterocycles. The lowest BCUT2D eigenvalue weighted by molar-refractivity contribution is -0.143. The fourth-order valence-electron chi connectivity index (χ4n) is 1.20. The zero-order chi connectivity index (χ0) is 15.5. The van der Waals surface area contributed by atoms with Gasteiger partial charge < -0.3 is 20.0 Å². The molecule has 0 aliphatic carbocycles. The molecule has 0 aromatic heterocycles. The number of carbonyl (C=O) groups is 2. The molecule has 0 saturated carbocycles. The summed E-state index contributed by atoms with van der Waals surface area (Å²) in [6.07, 6.45) is 0.814. The molecule has 0 bridgehead atoms. The van der Waals surface area contributed by atoms with Gasteiger partial charge in [0.05, 0.1) is 7.11 Å². The number of carboxylic acids is 1. The highest BCUT2D eigenvalue weighted by Gasteiger charge is 2.14. The number of aliphatic carboxylic acids is 1. The van der Waals surface area contributed by atoms with Gasteiger partial charge >= 0.3 is 5.97 Å². The van der Waals surface area contributed by atoms with E-state index in [9.17, 15) is 18.4 Å². The molecule has 1 atom stereocenters. The molecule has 1 unspecified atom stereocenters. The maximum atomic E-state index is 12.3. The topological polar surface area (TPSA) is 75.6 Å². The van der Waals surface area contributed by atoms with Crippen molar-refractivity contribution in [3.8, 4) is 5.75 Å². The van der Waals surface area contributed by atoms with Gasteiger partial charge in [-0.1, -0.05) is 0 Å². The highest BCUT2D eigenvalue weighted by Crippen LogP contribution is 2.13. The first-order chi connectivity index (χ1) is 9.44. The molecule has 1 aromatic rings. The number of methoxy groups -OCH3 is 1. The Balaban J connectivity index is 0.000000361. The van der Waals surface area contributed by atoms with Crippen LogP contribution in [0.3, 0.4) is 0 Å². The number of hydrogen-bond acceptors (Lipinski definition) is 4. The van der Waals surface area contributed by atoms with Crippen LogP contribution in [0.1, 0.15) is 6.42 Å². The predicted octanol–water partition coefficient (Wildman–Crippen LogP) is 1.47. The molecule has 1 aromatic carbocycles. The van der Waals surface area contributed by atoms with E-state index in [1.807, 2.05) is 0 Å². The van der Waals surface area contributed by atoms with E-state index in [0.29, 0.717) is 19.3 Å². The first kappa shape index (κ1) is 18.0. The first-order valence-electron chi connectivity index (χ1n) is 5.77. The maximum absolute atomic E-state index is 12.3. The number of aldehydes is 1. The van der Waals surface area contributed by atoms with Gasteiger partial charge in [0.25, 0.3) is 0 Å². The Hall–Kier alpha value is -2.02. The molecular formula is C13H17F2NO4. The van der Waals surface area contributed by atoms with Crippen LogP contribution in [0, 0.1) is 17.6 Å². The van der Waals surface area contributed by atoms with Crippen molar-refractivity contribution in [2.24, 2.45) is 5.92 Å². The molecule has 112 valence electrons. The summed E-state index contributed by atoms with van der Waals surface area (Å²) >= 11 is 0. The molecule has 0 radical (unpaired) electrons. The Bertz CT molecular complexity index is 420. The van der Waals surface area contributed by atoms with Crippen LogP contribution in [0.5, 0.6) is 5.75 Å². The van der Waals surface area contributed by atoms with Crippen molar-refractivity contribution in [2.75, 3.05) is 20.7 Å². The molecular weight excluding hydrogens is 272 g/mol. The zero-order valence-electron chi connectivity index (χ0n) is 11.2. The van der Waals surface area contributed by atoms with Gasteiger partial charge in [0.2, 0.25) is 0 Å². The van der Waals surface area contributed by atoms with E-state index in [0.717, 1.165) is 18.2 Å². The fourth-order valence-corrected chi connectivity index (χ4v) is 1.20. The van der Waals surface area contributed by atoms with Crippen LogP contribution >= 0.6 is 0 Å². The molecule has 0 amide bonds. The summed E-state index contributed by atoms with van der Waals surface area (Å²) < 4.78 is 29.2. The smallest absolute Gasteiger partial charge is 0.313 e. The van der Waals surface area contributed by atoms with Gasteiger partial charge in [-0.25, -0.2) is 8.78 Å². The van der Waals surface area contributed by atoms with Crippen molar-refractivity contribution in [3.05, 3.63) is 29.8 Å². The van der Waals surface area contributed by atoms with Crippen LogP contribution in [0.2, 0.25) is 0 Å². The van der Waals surface area contributed by atoms with Gasteiger partial charge in [0.1, 0.15) is 29.6 Å². The van der Waals surface area contributed by atoms with Gasteiger partial charge in [0, 0.05) is 18.2 Å². The molecule has 5 nitrogen and oxygen atoms in total. The second-order valence-electron chi connectivity index (χ2n) is 3.78. The number of halogens is 2. The van der Waals surface area contributed by atoms with Crippen LogP contribution < -0.4 is 10.1 Å². The van der Waals surface area contributed by atoms with Crippen LogP contribution in [0.15, 0.2) is 18.2 Å². The average Bonchev–Trinajstić information content (AvgIpc) is 2.39. The predicted molar refractivity (Wildman–Crippen MR) is 68.6 cm³/mol. The number of benzene rings is 1. The molecule has 0 saturated heterocycles. The lowest BCUT2D eigenvalue weighted by atomic mass is 10.1. The average molecular weight is 289 g/mol. The van der Waals surface area contributed by atoms with E-state index >= 15 is 0 Å². The van der Waals surface area contributed by atoms with Gasteiger partial charge in [-0.2, -0.15) is 0 Å². The van der Waals surface area contributed by atoms with Gasteiger partial charge in [0.15, 0.2) is 0 Å². The van der Waals surface area contributed by atoms with Crippen molar-refractivity contribution >= 4 is 12.3 Å². The van der Waals surface area contributed by atoms with E-state index in [2.05, 4.69) is 10.1 Å². The third kappa shape index (κ3) is 7.42. The van der Waals surface area contributed by atoms with Gasteiger partial charge in [-0.15, -0.1) is 0 Å². The molecule has 1 rings (SSSR count). The normalized spacial score (nSPS) is 11.0. The second kappa shape index (κ2) is 9.85. The van der Waals surface area contributed by atoms with E-state index in [-0.39, 0.29) is 5.75 Å². The van der Waals surface area contributed by atoms with Gasteiger partial charge in [-0.3, -0.25) is 4.79 Å². The first-order valence-corrected chi connectivity index (χ1v) is 5.77. The third-order valence-corrected chi connectivity index (χ3v) is 2.26. The summed E-state index contributed by atoms with van der Waals surface area (Å²) in [7, 11) is 3.07. The quantitative estimate of drug-likeness (QED) is 0.612. The Morgan fingerprint density at radius 1 is 1.40 bits per heavy atom. The standard InChI is InChI=1S/C7H6F2O.C6H11NO3/c1-10-7-3-5(8)2-6(9)4-7;1-7-3-2-5(4-8)6(9)10/h2-4H,1H3;4-5,7H,2-3H2,1H3,(H,9,10). The number of carbonyl (C=O) groups excluding carboxylic acids is 1. The van der Waals surface area contributed by atoms with E-state index in [1.165, 1.54) is 7.11 Å². The zero-order valence-corrected chi connectivity index (χ0v) is 11.2. The summed E-state index contributed by atoms with van der Waals surface area (Å²) in [5, 5.41) is 11.1. The molecule has 0 heterocycles. The van der Waals surface area contributed by atoms with E-state index < -0.39 is 23.5 Å².